The molecule has 3 heteroatoms. The Bertz CT molecular complexity index is 618. The predicted molar refractivity (Wildman–Crippen MR) is 89.1 cm³/mol. The van der Waals surface area contributed by atoms with Gasteiger partial charge in [0.1, 0.15) is 0 Å². The molecule has 0 spiro atoms. The molecule has 2 aromatic rings. The van der Waals surface area contributed by atoms with Crippen molar-refractivity contribution in [2.24, 2.45) is 0 Å². The molecule has 0 aromatic heterocycles. The second-order valence-electron chi connectivity index (χ2n) is 5.20. The van der Waals surface area contributed by atoms with Gasteiger partial charge in [-0.2, -0.15) is 0 Å². The lowest BCUT2D eigenvalue weighted by molar-refractivity contribution is 0.102. The number of hydrogen-bond acceptors (Lipinski definition) is 2. The number of carbonyl (C=O) groups excluding carboxylic acids is 1. The zero-order chi connectivity index (χ0) is 15.2. The van der Waals surface area contributed by atoms with Gasteiger partial charge in [-0.05, 0) is 48.7 Å². The van der Waals surface area contributed by atoms with Crippen LogP contribution in [-0.2, 0) is 6.42 Å². The second-order valence-corrected chi connectivity index (χ2v) is 5.20. The van der Waals surface area contributed by atoms with Gasteiger partial charge in [0.25, 0.3) is 5.91 Å². The average molecular weight is 282 g/mol. The highest BCUT2D eigenvalue weighted by molar-refractivity contribution is 6.08. The fourth-order valence-corrected chi connectivity index (χ4v) is 2.30. The summed E-state index contributed by atoms with van der Waals surface area (Å²) in [7, 11) is 1.82. The maximum absolute atomic E-state index is 12.4. The molecule has 3 nitrogen and oxygen atoms in total. The fourth-order valence-electron chi connectivity index (χ4n) is 2.30. The zero-order valence-corrected chi connectivity index (χ0v) is 12.9. The molecule has 2 aromatic carbocycles. The second kappa shape index (κ2) is 6.93. The Morgan fingerprint density at radius 2 is 1.81 bits per heavy atom. The first-order valence-electron chi connectivity index (χ1n) is 7.32. The number of carbonyl (C=O) groups is 1. The molecular formula is C18H22N2O. The van der Waals surface area contributed by atoms with Crippen molar-refractivity contribution in [3.8, 4) is 0 Å². The summed E-state index contributed by atoms with van der Waals surface area (Å²) < 4.78 is 0. The molecule has 0 saturated carbocycles. The average Bonchev–Trinajstić information content (AvgIpc) is 2.49. The van der Waals surface area contributed by atoms with E-state index in [1.807, 2.05) is 44.3 Å². The van der Waals surface area contributed by atoms with E-state index in [-0.39, 0.29) is 5.91 Å². The molecule has 21 heavy (non-hydrogen) atoms. The minimum absolute atomic E-state index is 0.0948. The SMILES string of the molecule is CCCc1ccc(NC(=O)c2ccc(C)cc2NC)cc1. The van der Waals surface area contributed by atoms with Crippen molar-refractivity contribution >= 4 is 17.3 Å². The van der Waals surface area contributed by atoms with Crippen LogP contribution in [0.4, 0.5) is 11.4 Å². The summed E-state index contributed by atoms with van der Waals surface area (Å²) in [6, 6.07) is 13.8. The van der Waals surface area contributed by atoms with Gasteiger partial charge >= 0.3 is 0 Å². The van der Waals surface area contributed by atoms with E-state index in [4.69, 9.17) is 0 Å². The number of amides is 1. The summed E-state index contributed by atoms with van der Waals surface area (Å²) in [4.78, 5) is 12.4. The van der Waals surface area contributed by atoms with Crippen molar-refractivity contribution < 1.29 is 4.79 Å². The Kier molecular flexibility index (Phi) is 4.99. The van der Waals surface area contributed by atoms with Crippen molar-refractivity contribution in [2.45, 2.75) is 26.7 Å². The Morgan fingerprint density at radius 1 is 1.10 bits per heavy atom. The van der Waals surface area contributed by atoms with Crippen LogP contribution in [0, 0.1) is 6.92 Å². The van der Waals surface area contributed by atoms with Crippen LogP contribution in [0.5, 0.6) is 0 Å². The quantitative estimate of drug-likeness (QED) is 0.861. The van der Waals surface area contributed by atoms with Crippen LogP contribution < -0.4 is 10.6 Å². The maximum Gasteiger partial charge on any atom is 0.257 e. The van der Waals surface area contributed by atoms with Crippen molar-refractivity contribution in [1.29, 1.82) is 0 Å². The minimum atomic E-state index is -0.0948. The third-order valence-corrected chi connectivity index (χ3v) is 3.44. The van der Waals surface area contributed by atoms with E-state index in [9.17, 15) is 4.79 Å². The van der Waals surface area contributed by atoms with Crippen LogP contribution in [-0.4, -0.2) is 13.0 Å². The third kappa shape index (κ3) is 3.85. The summed E-state index contributed by atoms with van der Waals surface area (Å²) in [5, 5.41) is 6.01. The van der Waals surface area contributed by atoms with Crippen molar-refractivity contribution in [2.75, 3.05) is 17.7 Å². The lowest BCUT2D eigenvalue weighted by Gasteiger charge is -2.11. The highest BCUT2D eigenvalue weighted by Gasteiger charge is 2.11. The van der Waals surface area contributed by atoms with Gasteiger partial charge in [0.05, 0.1) is 5.56 Å². The Morgan fingerprint density at radius 3 is 2.43 bits per heavy atom. The summed E-state index contributed by atoms with van der Waals surface area (Å²) in [6.07, 6.45) is 2.19. The molecule has 0 aliphatic heterocycles. The van der Waals surface area contributed by atoms with Crippen LogP contribution in [0.15, 0.2) is 42.5 Å². The third-order valence-electron chi connectivity index (χ3n) is 3.44. The maximum atomic E-state index is 12.4. The zero-order valence-electron chi connectivity index (χ0n) is 12.9. The smallest absolute Gasteiger partial charge is 0.257 e. The van der Waals surface area contributed by atoms with Crippen LogP contribution in [0.2, 0.25) is 0 Å². The Labute approximate surface area is 126 Å². The van der Waals surface area contributed by atoms with Crippen LogP contribution in [0.25, 0.3) is 0 Å². The van der Waals surface area contributed by atoms with E-state index in [1.54, 1.807) is 0 Å². The molecule has 110 valence electrons. The highest BCUT2D eigenvalue weighted by atomic mass is 16.1. The van der Waals surface area contributed by atoms with Crippen molar-refractivity contribution in [3.05, 3.63) is 59.2 Å². The summed E-state index contributed by atoms with van der Waals surface area (Å²) in [5.74, 6) is -0.0948. The molecule has 0 aliphatic rings. The molecule has 0 fully saturated rings. The van der Waals surface area contributed by atoms with Crippen LogP contribution >= 0.6 is 0 Å². The first-order valence-corrected chi connectivity index (χ1v) is 7.32. The summed E-state index contributed by atoms with van der Waals surface area (Å²) >= 11 is 0. The largest absolute Gasteiger partial charge is 0.387 e. The van der Waals surface area contributed by atoms with E-state index in [1.165, 1.54) is 5.56 Å². The van der Waals surface area contributed by atoms with E-state index in [2.05, 4.69) is 29.7 Å². The molecule has 0 bridgehead atoms. The molecule has 1 amide bonds. The van der Waals surface area contributed by atoms with Crippen molar-refractivity contribution in [1.82, 2.24) is 0 Å². The standard InChI is InChI=1S/C18H22N2O/c1-4-5-14-7-9-15(10-8-14)20-18(21)16-11-6-13(2)12-17(16)19-3/h6-12,19H,4-5H2,1-3H3,(H,20,21). The highest BCUT2D eigenvalue weighted by Crippen LogP contribution is 2.19. The lowest BCUT2D eigenvalue weighted by Crippen LogP contribution is -2.14. The van der Waals surface area contributed by atoms with Gasteiger partial charge in [0.15, 0.2) is 0 Å². The summed E-state index contributed by atoms with van der Waals surface area (Å²) in [5.41, 5.74) is 4.74. The fraction of sp³-hybridized carbons (Fsp3) is 0.278. The first-order chi connectivity index (χ1) is 10.1. The van der Waals surface area contributed by atoms with Crippen LogP contribution in [0.3, 0.4) is 0 Å². The molecular weight excluding hydrogens is 260 g/mol. The molecule has 0 heterocycles. The predicted octanol–water partition coefficient (Wildman–Crippen LogP) is 4.24. The van der Waals surface area contributed by atoms with Crippen LogP contribution in [0.1, 0.15) is 34.8 Å². The van der Waals surface area contributed by atoms with E-state index in [0.717, 1.165) is 29.8 Å². The molecule has 0 radical (unpaired) electrons. The van der Waals surface area contributed by atoms with E-state index < -0.39 is 0 Å². The van der Waals surface area contributed by atoms with Gasteiger partial charge in [-0.1, -0.05) is 31.5 Å². The lowest BCUT2D eigenvalue weighted by atomic mass is 10.1. The number of aryl methyl sites for hydroxylation is 2. The number of anilines is 2. The molecule has 0 atom stereocenters. The molecule has 0 aliphatic carbocycles. The normalized spacial score (nSPS) is 10.2. The van der Waals surface area contributed by atoms with Gasteiger partial charge in [-0.25, -0.2) is 0 Å². The number of hydrogen-bond donors (Lipinski definition) is 2. The van der Waals surface area contributed by atoms with Gasteiger partial charge in [-0.3, -0.25) is 4.79 Å². The number of rotatable bonds is 5. The topological polar surface area (TPSA) is 41.1 Å². The molecule has 0 saturated heterocycles. The first kappa shape index (κ1) is 15.1. The molecule has 2 N–H and O–H groups in total. The Hall–Kier alpha value is -2.29. The van der Waals surface area contributed by atoms with Gasteiger partial charge in [0, 0.05) is 18.4 Å². The van der Waals surface area contributed by atoms with E-state index in [0.29, 0.717) is 5.56 Å². The Balaban J connectivity index is 2.14. The molecule has 2 rings (SSSR count). The molecule has 0 unspecified atom stereocenters. The van der Waals surface area contributed by atoms with Gasteiger partial charge in [0.2, 0.25) is 0 Å². The monoisotopic (exact) mass is 282 g/mol. The number of nitrogens with one attached hydrogen (secondary N) is 2. The van der Waals surface area contributed by atoms with Crippen molar-refractivity contribution in [3.63, 3.8) is 0 Å². The van der Waals surface area contributed by atoms with E-state index >= 15 is 0 Å². The number of benzene rings is 2. The summed E-state index contributed by atoms with van der Waals surface area (Å²) in [6.45, 7) is 4.17. The van der Waals surface area contributed by atoms with Gasteiger partial charge in [-0.15, -0.1) is 0 Å². The van der Waals surface area contributed by atoms with Gasteiger partial charge < -0.3 is 10.6 Å². The minimum Gasteiger partial charge on any atom is -0.387 e.